The van der Waals surface area contributed by atoms with Crippen molar-refractivity contribution in [2.75, 3.05) is 6.54 Å². The molecule has 0 saturated heterocycles. The van der Waals surface area contributed by atoms with Crippen molar-refractivity contribution >= 4 is 28.8 Å². The molecule has 1 aliphatic carbocycles. The molecule has 36 heavy (non-hydrogen) atoms. The summed E-state index contributed by atoms with van der Waals surface area (Å²) in [5.74, 6) is -1.47. The number of hydrogen-bond acceptors (Lipinski definition) is 6. The number of rotatable bonds is 8. The Labute approximate surface area is 209 Å². The minimum Gasteiger partial charge on any atom is -0.487 e. The molecule has 0 bridgehead atoms. The number of nitrogens with one attached hydrogen (secondary N) is 2. The lowest BCUT2D eigenvalue weighted by atomic mass is 9.79. The molecule has 2 aliphatic rings. The van der Waals surface area contributed by atoms with Crippen LogP contribution < -0.4 is 21.0 Å². The zero-order valence-electron chi connectivity index (χ0n) is 20.9. The van der Waals surface area contributed by atoms with E-state index in [-0.39, 0.29) is 17.6 Å². The van der Waals surface area contributed by atoms with Gasteiger partial charge in [0, 0.05) is 11.5 Å². The molecule has 1 aromatic carbocycles. The summed E-state index contributed by atoms with van der Waals surface area (Å²) in [4.78, 5) is 48.7. The zero-order valence-corrected chi connectivity index (χ0v) is 20.9. The summed E-state index contributed by atoms with van der Waals surface area (Å²) in [7, 11) is 0. The maximum Gasteiger partial charge on any atom is 0.340 e. The summed E-state index contributed by atoms with van der Waals surface area (Å²) in [5.41, 5.74) is 1.70. The topological polar surface area (TPSA) is 135 Å². The van der Waals surface area contributed by atoms with Crippen LogP contribution >= 0.6 is 0 Å². The largest absolute Gasteiger partial charge is 0.487 e. The maximum absolute atomic E-state index is 12.8. The fourth-order valence-electron chi connectivity index (χ4n) is 5.40. The van der Waals surface area contributed by atoms with Crippen molar-refractivity contribution in [3.63, 3.8) is 0 Å². The quantitative estimate of drug-likeness (QED) is 0.476. The van der Waals surface area contributed by atoms with Crippen LogP contribution in [0.4, 0.5) is 0 Å². The molecule has 2 aromatic rings. The molecule has 1 aliphatic heterocycles. The monoisotopic (exact) mass is 498 g/mol. The van der Waals surface area contributed by atoms with Gasteiger partial charge in [-0.05, 0) is 69.1 Å². The standard InChI is InChI=1S/C27H34N2O7/c1-3-7-20(25(33)28-15-24(31)32)29-23(30)13-19-16(2)18-12-17-8-11-27(9-5-4-6-10-27)36-21(17)14-22(18)35-26(19)34/h12,14,20H,3-11,13,15H2,1-2H3,(H,28,33)(H,29,30)(H,31,32). The van der Waals surface area contributed by atoms with Crippen molar-refractivity contribution in [2.24, 2.45) is 0 Å². The molecule has 194 valence electrons. The lowest BCUT2D eigenvalue weighted by molar-refractivity contribution is -0.138. The molecular formula is C27H34N2O7. The average Bonchev–Trinajstić information content (AvgIpc) is 2.84. The number of carbonyl (C=O) groups excluding carboxylic acids is 2. The zero-order chi connectivity index (χ0) is 25.9. The summed E-state index contributed by atoms with van der Waals surface area (Å²) in [6.07, 6.45) is 8.26. The molecule has 1 atom stereocenters. The van der Waals surface area contributed by atoms with Gasteiger partial charge < -0.3 is 24.9 Å². The van der Waals surface area contributed by atoms with Crippen LogP contribution in [0.15, 0.2) is 21.3 Å². The number of fused-ring (bicyclic) bond motifs is 2. The maximum atomic E-state index is 12.8. The van der Waals surface area contributed by atoms with Crippen LogP contribution in [-0.4, -0.2) is 41.1 Å². The van der Waals surface area contributed by atoms with Crippen LogP contribution in [0, 0.1) is 6.92 Å². The Kier molecular flexibility index (Phi) is 7.66. The SMILES string of the molecule is CCCC(NC(=O)Cc1c(C)c2cc3c(cc2oc1=O)OC1(CCCCC1)CC3)C(=O)NCC(=O)O. The molecule has 1 aromatic heterocycles. The van der Waals surface area contributed by atoms with E-state index >= 15 is 0 Å². The number of carboxylic acid groups (broad SMARTS) is 1. The summed E-state index contributed by atoms with van der Waals surface area (Å²) < 4.78 is 12.1. The Morgan fingerprint density at radius 1 is 1.14 bits per heavy atom. The third-order valence-electron chi connectivity index (χ3n) is 7.39. The van der Waals surface area contributed by atoms with Crippen LogP contribution in [0.3, 0.4) is 0 Å². The van der Waals surface area contributed by atoms with Gasteiger partial charge in [-0.2, -0.15) is 0 Å². The Morgan fingerprint density at radius 2 is 1.89 bits per heavy atom. The fraction of sp³-hybridized carbons (Fsp3) is 0.556. The summed E-state index contributed by atoms with van der Waals surface area (Å²) in [6, 6.07) is 2.92. The first-order valence-corrected chi connectivity index (χ1v) is 12.8. The lowest BCUT2D eigenvalue weighted by Crippen LogP contribution is -2.48. The Balaban J connectivity index is 1.54. The molecule has 0 radical (unpaired) electrons. The number of aryl methyl sites for hydroxylation is 2. The second-order valence-corrected chi connectivity index (χ2v) is 9.99. The van der Waals surface area contributed by atoms with Gasteiger partial charge in [-0.3, -0.25) is 14.4 Å². The highest BCUT2D eigenvalue weighted by Gasteiger charge is 2.37. The number of carboxylic acids is 1. The minimum absolute atomic E-state index is 0.113. The van der Waals surface area contributed by atoms with Crippen molar-refractivity contribution in [1.29, 1.82) is 0 Å². The molecule has 1 spiro atoms. The highest BCUT2D eigenvalue weighted by Crippen LogP contribution is 2.43. The van der Waals surface area contributed by atoms with Crippen LogP contribution in [0.5, 0.6) is 5.75 Å². The number of carbonyl (C=O) groups is 3. The van der Waals surface area contributed by atoms with Crippen molar-refractivity contribution in [1.82, 2.24) is 10.6 Å². The molecule has 9 heteroatoms. The molecule has 9 nitrogen and oxygen atoms in total. The lowest BCUT2D eigenvalue weighted by Gasteiger charge is -2.41. The first-order valence-electron chi connectivity index (χ1n) is 12.8. The van der Waals surface area contributed by atoms with E-state index in [0.29, 0.717) is 24.0 Å². The van der Waals surface area contributed by atoms with E-state index in [1.54, 1.807) is 6.92 Å². The smallest absolute Gasteiger partial charge is 0.340 e. The summed E-state index contributed by atoms with van der Waals surface area (Å²) in [5, 5.41) is 14.5. The highest BCUT2D eigenvalue weighted by molar-refractivity contribution is 5.91. The predicted octanol–water partition coefficient (Wildman–Crippen LogP) is 3.16. The van der Waals surface area contributed by atoms with Crippen molar-refractivity contribution in [2.45, 2.75) is 89.7 Å². The highest BCUT2D eigenvalue weighted by atomic mass is 16.5. The second-order valence-electron chi connectivity index (χ2n) is 9.99. The van der Waals surface area contributed by atoms with E-state index in [4.69, 9.17) is 14.3 Å². The van der Waals surface area contributed by atoms with Crippen LogP contribution in [-0.2, 0) is 27.2 Å². The Morgan fingerprint density at radius 3 is 2.58 bits per heavy atom. The normalized spacial score (nSPS) is 17.2. The molecule has 1 fully saturated rings. The van der Waals surface area contributed by atoms with Gasteiger partial charge in [0.05, 0.1) is 12.0 Å². The van der Waals surface area contributed by atoms with E-state index in [1.807, 2.05) is 19.1 Å². The number of benzene rings is 1. The van der Waals surface area contributed by atoms with Gasteiger partial charge >= 0.3 is 11.6 Å². The van der Waals surface area contributed by atoms with Gasteiger partial charge in [-0.1, -0.05) is 19.8 Å². The van der Waals surface area contributed by atoms with Gasteiger partial charge in [0.1, 0.15) is 29.5 Å². The molecule has 2 amide bonds. The molecule has 3 N–H and O–H groups in total. The third-order valence-corrected chi connectivity index (χ3v) is 7.39. The first kappa shape index (κ1) is 25.7. The van der Waals surface area contributed by atoms with Gasteiger partial charge in [0.15, 0.2) is 0 Å². The van der Waals surface area contributed by atoms with Crippen LogP contribution in [0.25, 0.3) is 11.0 Å². The minimum atomic E-state index is -1.17. The number of amides is 2. The van der Waals surface area contributed by atoms with Crippen LogP contribution in [0.2, 0.25) is 0 Å². The van der Waals surface area contributed by atoms with E-state index in [9.17, 15) is 19.2 Å². The first-order chi connectivity index (χ1) is 17.2. The summed E-state index contributed by atoms with van der Waals surface area (Å²) >= 11 is 0. The molecule has 2 heterocycles. The van der Waals surface area contributed by atoms with Gasteiger partial charge in [-0.15, -0.1) is 0 Å². The second kappa shape index (κ2) is 10.7. The van der Waals surface area contributed by atoms with Crippen molar-refractivity contribution in [3.05, 3.63) is 39.2 Å². The van der Waals surface area contributed by atoms with E-state index in [0.717, 1.165) is 42.4 Å². The van der Waals surface area contributed by atoms with E-state index in [2.05, 4.69) is 10.6 Å². The average molecular weight is 499 g/mol. The Bertz CT molecular complexity index is 1230. The molecule has 1 unspecified atom stereocenters. The van der Waals surface area contributed by atoms with Gasteiger partial charge in [0.2, 0.25) is 11.8 Å². The van der Waals surface area contributed by atoms with Crippen molar-refractivity contribution < 1.29 is 28.6 Å². The third kappa shape index (κ3) is 5.55. The van der Waals surface area contributed by atoms with Gasteiger partial charge in [0.25, 0.3) is 0 Å². The Hall–Kier alpha value is -3.36. The molecule has 1 saturated carbocycles. The number of hydrogen-bond donors (Lipinski definition) is 3. The van der Waals surface area contributed by atoms with Crippen LogP contribution in [0.1, 0.15) is 75.0 Å². The number of ether oxygens (including phenoxy) is 1. The number of aliphatic carboxylic acids is 1. The van der Waals surface area contributed by atoms with Crippen molar-refractivity contribution in [3.8, 4) is 5.75 Å². The van der Waals surface area contributed by atoms with Gasteiger partial charge in [-0.25, -0.2) is 4.79 Å². The predicted molar refractivity (Wildman–Crippen MR) is 133 cm³/mol. The van der Waals surface area contributed by atoms with E-state index in [1.165, 1.54) is 19.3 Å². The molecule has 4 rings (SSSR count). The summed E-state index contributed by atoms with van der Waals surface area (Å²) in [6.45, 7) is 3.12. The molecular weight excluding hydrogens is 464 g/mol. The van der Waals surface area contributed by atoms with E-state index < -0.39 is 36.0 Å². The fourth-order valence-corrected chi connectivity index (χ4v) is 5.40.